The molecule has 0 unspecified atom stereocenters. The first-order valence-electron chi connectivity index (χ1n) is 6.63. The van der Waals surface area contributed by atoms with Crippen molar-refractivity contribution >= 4 is 29.0 Å². The van der Waals surface area contributed by atoms with Crippen molar-refractivity contribution in [2.75, 3.05) is 18.2 Å². The van der Waals surface area contributed by atoms with Crippen LogP contribution in [-0.4, -0.2) is 33.4 Å². The summed E-state index contributed by atoms with van der Waals surface area (Å²) >= 11 is 1.34. The second kappa shape index (κ2) is 6.48. The van der Waals surface area contributed by atoms with Gasteiger partial charge in [-0.2, -0.15) is 0 Å². The number of carbonyl (C=O) groups excluding carboxylic acids is 1. The maximum absolute atomic E-state index is 12.0. The van der Waals surface area contributed by atoms with Crippen LogP contribution in [0.2, 0.25) is 0 Å². The van der Waals surface area contributed by atoms with Crippen LogP contribution in [0.25, 0.3) is 5.65 Å². The summed E-state index contributed by atoms with van der Waals surface area (Å²) in [7, 11) is 1.59. The summed E-state index contributed by atoms with van der Waals surface area (Å²) in [6.07, 6.45) is 1.87. The molecule has 2 aromatic heterocycles. The predicted molar refractivity (Wildman–Crippen MR) is 85.3 cm³/mol. The van der Waals surface area contributed by atoms with Crippen LogP contribution in [0.15, 0.2) is 53.8 Å². The lowest BCUT2D eigenvalue weighted by Gasteiger charge is -2.06. The standard InChI is InChI=1S/C15H14N4O2S/c1-21-12-6-4-5-11(9-12)16-14(20)10-22-15-18-17-13-7-2-3-8-19(13)15/h2-9H,10H2,1H3,(H,16,20). The number of hydrogen-bond acceptors (Lipinski definition) is 5. The molecule has 0 aliphatic rings. The summed E-state index contributed by atoms with van der Waals surface area (Å²) in [6, 6.07) is 12.9. The van der Waals surface area contributed by atoms with E-state index in [1.165, 1.54) is 11.8 Å². The summed E-state index contributed by atoms with van der Waals surface area (Å²) in [4.78, 5) is 12.0. The van der Waals surface area contributed by atoms with Crippen LogP contribution in [-0.2, 0) is 4.79 Å². The Bertz CT molecular complexity index is 803. The average molecular weight is 314 g/mol. The predicted octanol–water partition coefficient (Wildman–Crippen LogP) is 2.47. The van der Waals surface area contributed by atoms with Gasteiger partial charge in [-0.3, -0.25) is 9.20 Å². The number of thioether (sulfide) groups is 1. The number of pyridine rings is 1. The smallest absolute Gasteiger partial charge is 0.234 e. The van der Waals surface area contributed by atoms with Crippen molar-refractivity contribution in [2.24, 2.45) is 0 Å². The number of nitrogens with zero attached hydrogens (tertiary/aromatic N) is 3. The van der Waals surface area contributed by atoms with Crippen molar-refractivity contribution in [1.82, 2.24) is 14.6 Å². The number of anilines is 1. The molecule has 1 N–H and O–H groups in total. The molecule has 0 aliphatic carbocycles. The number of nitrogens with one attached hydrogen (secondary N) is 1. The molecule has 3 rings (SSSR count). The molecule has 1 aromatic carbocycles. The number of aromatic nitrogens is 3. The highest BCUT2D eigenvalue weighted by Crippen LogP contribution is 2.19. The number of carbonyl (C=O) groups is 1. The maximum atomic E-state index is 12.0. The Balaban J connectivity index is 1.62. The van der Waals surface area contributed by atoms with Crippen LogP contribution in [0.4, 0.5) is 5.69 Å². The van der Waals surface area contributed by atoms with Crippen LogP contribution in [0.1, 0.15) is 0 Å². The van der Waals surface area contributed by atoms with Gasteiger partial charge in [-0.1, -0.05) is 23.9 Å². The lowest BCUT2D eigenvalue weighted by Crippen LogP contribution is -2.14. The number of methoxy groups -OCH3 is 1. The normalized spacial score (nSPS) is 10.6. The SMILES string of the molecule is COc1cccc(NC(=O)CSc2nnc3ccccn23)c1. The van der Waals surface area contributed by atoms with Gasteiger partial charge in [0.25, 0.3) is 0 Å². The van der Waals surface area contributed by atoms with E-state index in [-0.39, 0.29) is 11.7 Å². The van der Waals surface area contributed by atoms with E-state index in [9.17, 15) is 4.79 Å². The van der Waals surface area contributed by atoms with E-state index >= 15 is 0 Å². The Hall–Kier alpha value is -2.54. The second-order valence-corrected chi connectivity index (χ2v) is 5.42. The topological polar surface area (TPSA) is 68.5 Å². The first-order valence-corrected chi connectivity index (χ1v) is 7.61. The molecule has 7 heteroatoms. The van der Waals surface area contributed by atoms with Crippen LogP contribution < -0.4 is 10.1 Å². The van der Waals surface area contributed by atoms with E-state index in [1.54, 1.807) is 13.2 Å². The Morgan fingerprint density at radius 1 is 1.27 bits per heavy atom. The lowest BCUT2D eigenvalue weighted by atomic mass is 10.3. The van der Waals surface area contributed by atoms with Gasteiger partial charge < -0.3 is 10.1 Å². The molecular formula is C15H14N4O2S. The fourth-order valence-electron chi connectivity index (χ4n) is 1.95. The minimum absolute atomic E-state index is 0.106. The van der Waals surface area contributed by atoms with Gasteiger partial charge in [0, 0.05) is 18.0 Å². The Morgan fingerprint density at radius 3 is 3.05 bits per heavy atom. The van der Waals surface area contributed by atoms with E-state index in [4.69, 9.17) is 4.74 Å². The quantitative estimate of drug-likeness (QED) is 0.733. The van der Waals surface area contributed by atoms with E-state index in [1.807, 2.05) is 47.0 Å². The molecule has 0 aliphatic heterocycles. The molecule has 0 radical (unpaired) electrons. The molecule has 0 atom stereocenters. The molecule has 0 spiro atoms. The van der Waals surface area contributed by atoms with Crippen molar-refractivity contribution in [3.05, 3.63) is 48.7 Å². The largest absolute Gasteiger partial charge is 0.497 e. The van der Waals surface area contributed by atoms with Gasteiger partial charge in [0.05, 0.1) is 12.9 Å². The van der Waals surface area contributed by atoms with Gasteiger partial charge in [-0.15, -0.1) is 10.2 Å². The third-order valence-corrected chi connectivity index (χ3v) is 3.91. The van der Waals surface area contributed by atoms with Crippen molar-refractivity contribution in [3.8, 4) is 5.75 Å². The molecule has 0 fully saturated rings. The third kappa shape index (κ3) is 3.20. The van der Waals surface area contributed by atoms with Crippen molar-refractivity contribution in [2.45, 2.75) is 5.16 Å². The summed E-state index contributed by atoms with van der Waals surface area (Å²) in [5.74, 6) is 0.854. The molecule has 3 aromatic rings. The second-order valence-electron chi connectivity index (χ2n) is 4.48. The summed E-state index contributed by atoms with van der Waals surface area (Å²) in [5, 5.41) is 11.6. The number of amides is 1. The number of rotatable bonds is 5. The number of hydrogen-bond donors (Lipinski definition) is 1. The van der Waals surface area contributed by atoms with E-state index in [0.29, 0.717) is 16.6 Å². The van der Waals surface area contributed by atoms with Crippen LogP contribution in [0.5, 0.6) is 5.75 Å². The Morgan fingerprint density at radius 2 is 2.18 bits per heavy atom. The molecule has 1 amide bonds. The first-order chi connectivity index (χ1) is 10.8. The monoisotopic (exact) mass is 314 g/mol. The van der Waals surface area contributed by atoms with Crippen molar-refractivity contribution in [3.63, 3.8) is 0 Å². The molecule has 22 heavy (non-hydrogen) atoms. The average Bonchev–Trinajstić information content (AvgIpc) is 2.96. The van der Waals surface area contributed by atoms with E-state index in [0.717, 1.165) is 5.65 Å². The van der Waals surface area contributed by atoms with Crippen molar-refractivity contribution in [1.29, 1.82) is 0 Å². The molecule has 0 saturated heterocycles. The fraction of sp³-hybridized carbons (Fsp3) is 0.133. The molecule has 0 saturated carbocycles. The van der Waals surface area contributed by atoms with Gasteiger partial charge in [0.2, 0.25) is 5.91 Å². The van der Waals surface area contributed by atoms with Crippen LogP contribution in [0, 0.1) is 0 Å². The number of benzene rings is 1. The Labute approximate surface area is 131 Å². The number of ether oxygens (including phenoxy) is 1. The van der Waals surface area contributed by atoms with E-state index in [2.05, 4.69) is 15.5 Å². The van der Waals surface area contributed by atoms with Crippen LogP contribution in [0.3, 0.4) is 0 Å². The van der Waals surface area contributed by atoms with Crippen molar-refractivity contribution < 1.29 is 9.53 Å². The van der Waals surface area contributed by atoms with Gasteiger partial charge in [0.15, 0.2) is 10.8 Å². The Kier molecular flexibility index (Phi) is 4.24. The highest BCUT2D eigenvalue weighted by atomic mass is 32.2. The van der Waals surface area contributed by atoms with E-state index < -0.39 is 0 Å². The summed E-state index contributed by atoms with van der Waals surface area (Å²) < 4.78 is 6.98. The third-order valence-electron chi connectivity index (χ3n) is 2.97. The zero-order valence-corrected chi connectivity index (χ0v) is 12.7. The van der Waals surface area contributed by atoms with Gasteiger partial charge in [-0.25, -0.2) is 0 Å². The lowest BCUT2D eigenvalue weighted by molar-refractivity contribution is -0.113. The minimum atomic E-state index is -0.106. The van der Waals surface area contributed by atoms with Gasteiger partial charge >= 0.3 is 0 Å². The van der Waals surface area contributed by atoms with Gasteiger partial charge in [0.1, 0.15) is 5.75 Å². The number of fused-ring (bicyclic) bond motifs is 1. The van der Waals surface area contributed by atoms with Crippen LogP contribution >= 0.6 is 11.8 Å². The molecular weight excluding hydrogens is 300 g/mol. The zero-order valence-electron chi connectivity index (χ0n) is 11.9. The molecule has 112 valence electrons. The molecule has 2 heterocycles. The molecule has 0 bridgehead atoms. The summed E-state index contributed by atoms with van der Waals surface area (Å²) in [5.41, 5.74) is 1.47. The van der Waals surface area contributed by atoms with Gasteiger partial charge in [-0.05, 0) is 24.3 Å². The highest BCUT2D eigenvalue weighted by molar-refractivity contribution is 7.99. The zero-order chi connectivity index (χ0) is 15.4. The first kappa shape index (κ1) is 14.4. The molecule has 6 nitrogen and oxygen atoms in total. The minimum Gasteiger partial charge on any atom is -0.497 e. The summed E-state index contributed by atoms with van der Waals surface area (Å²) in [6.45, 7) is 0. The highest BCUT2D eigenvalue weighted by Gasteiger charge is 2.09. The maximum Gasteiger partial charge on any atom is 0.234 e. The fourth-order valence-corrected chi connectivity index (χ4v) is 2.67.